The molecule has 0 aromatic carbocycles. The molecule has 0 spiro atoms. The van der Waals surface area contributed by atoms with Gasteiger partial charge in [0, 0.05) is 13.7 Å². The van der Waals surface area contributed by atoms with Crippen molar-refractivity contribution in [3.63, 3.8) is 0 Å². The van der Waals surface area contributed by atoms with Crippen LogP contribution in [0.4, 0.5) is 0 Å². The molecular weight excluding hydrogens is 171 g/mol. The zero-order valence-corrected chi connectivity index (χ0v) is 9.88. The Morgan fingerprint density at radius 1 is 0.917 bits per heavy atom. The van der Waals surface area contributed by atoms with Gasteiger partial charge in [-0.05, 0) is 0 Å². The Hall–Kier alpha value is 0.840. The van der Waals surface area contributed by atoms with Crippen molar-refractivity contribution in [2.45, 2.75) is 0 Å². The van der Waals surface area contributed by atoms with E-state index in [1.807, 2.05) is 0 Å². The third-order valence-corrected chi connectivity index (χ3v) is 1.03. The van der Waals surface area contributed by atoms with Crippen LogP contribution in [0.15, 0.2) is 0 Å². The summed E-state index contributed by atoms with van der Waals surface area (Å²) >= 11 is 0. The van der Waals surface area contributed by atoms with Crippen LogP contribution in [0.1, 0.15) is 0 Å². The van der Waals surface area contributed by atoms with Gasteiger partial charge in [0.2, 0.25) is 0 Å². The van der Waals surface area contributed by atoms with Gasteiger partial charge in [-0.25, -0.2) is 0 Å². The minimum absolute atomic E-state index is 0. The van der Waals surface area contributed by atoms with E-state index in [1.165, 1.54) is 0 Å². The summed E-state index contributed by atoms with van der Waals surface area (Å²) in [5, 5.41) is 9.88. The molecule has 0 rings (SSSR count). The van der Waals surface area contributed by atoms with Crippen molar-refractivity contribution in [3.8, 4) is 0 Å². The van der Waals surface area contributed by atoms with Gasteiger partial charge in [0.15, 0.2) is 0 Å². The first kappa shape index (κ1) is 15.3. The van der Waals surface area contributed by atoms with Crippen LogP contribution < -0.4 is 34.7 Å². The molecule has 0 aliphatic rings. The van der Waals surface area contributed by atoms with Gasteiger partial charge in [-0.2, -0.15) is 0 Å². The average molecular weight is 186 g/mol. The summed E-state index contributed by atoms with van der Waals surface area (Å²) in [5.74, 6) is 0. The molecule has 0 aromatic heterocycles. The van der Waals surface area contributed by atoms with Gasteiger partial charge in [-0.15, -0.1) is 6.61 Å². The summed E-state index contributed by atoms with van der Waals surface area (Å²) in [4.78, 5) is 0. The van der Waals surface area contributed by atoms with E-state index in [9.17, 15) is 5.11 Å². The Labute approximate surface area is 95.5 Å². The second-order valence-corrected chi connectivity index (χ2v) is 1.92. The number of hydrogen-bond acceptors (Lipinski definition) is 4. The molecule has 0 fully saturated rings. The minimum atomic E-state index is -0.182. The van der Waals surface area contributed by atoms with Crippen LogP contribution >= 0.6 is 0 Å². The molecule has 0 radical (unpaired) electrons. The van der Waals surface area contributed by atoms with E-state index in [1.54, 1.807) is 7.11 Å². The molecule has 0 aliphatic carbocycles. The molecule has 4 nitrogen and oxygen atoms in total. The van der Waals surface area contributed by atoms with Crippen LogP contribution in [-0.4, -0.2) is 46.8 Å². The fourth-order valence-electron chi connectivity index (χ4n) is 0.523. The SMILES string of the molecule is COCCOCCOCC[O-].[Na+]. The molecule has 68 valence electrons. The molecule has 0 N–H and O–H groups in total. The van der Waals surface area contributed by atoms with Crippen molar-refractivity contribution < 1.29 is 48.9 Å². The quantitative estimate of drug-likeness (QED) is 0.286. The van der Waals surface area contributed by atoms with Gasteiger partial charge in [0.25, 0.3) is 0 Å². The number of methoxy groups -OCH3 is 1. The van der Waals surface area contributed by atoms with Crippen molar-refractivity contribution in [2.24, 2.45) is 0 Å². The van der Waals surface area contributed by atoms with Crippen LogP contribution in [-0.2, 0) is 14.2 Å². The van der Waals surface area contributed by atoms with Crippen molar-refractivity contribution >= 4 is 0 Å². The van der Waals surface area contributed by atoms with Gasteiger partial charge < -0.3 is 19.3 Å². The fraction of sp³-hybridized carbons (Fsp3) is 1.00. The summed E-state index contributed by atoms with van der Waals surface area (Å²) in [6, 6.07) is 0. The maximum Gasteiger partial charge on any atom is 1.00 e. The van der Waals surface area contributed by atoms with E-state index in [2.05, 4.69) is 0 Å². The Kier molecular flexibility index (Phi) is 18.3. The number of hydrogen-bond donors (Lipinski definition) is 0. The minimum Gasteiger partial charge on any atom is -0.853 e. The van der Waals surface area contributed by atoms with Gasteiger partial charge in [0.1, 0.15) is 0 Å². The summed E-state index contributed by atoms with van der Waals surface area (Å²) in [6.07, 6.45) is 0. The molecule has 0 amide bonds. The van der Waals surface area contributed by atoms with Crippen LogP contribution in [0.2, 0.25) is 0 Å². The van der Waals surface area contributed by atoms with E-state index in [0.717, 1.165) is 0 Å². The van der Waals surface area contributed by atoms with E-state index in [0.29, 0.717) is 26.4 Å². The predicted molar refractivity (Wildman–Crippen MR) is 38.4 cm³/mol. The predicted octanol–water partition coefficient (Wildman–Crippen LogP) is -3.97. The Bertz CT molecular complexity index is 64.4. The zero-order valence-electron chi connectivity index (χ0n) is 7.88. The van der Waals surface area contributed by atoms with Crippen LogP contribution in [0.25, 0.3) is 0 Å². The summed E-state index contributed by atoms with van der Waals surface area (Å²) < 4.78 is 14.7. The number of rotatable bonds is 8. The third-order valence-electron chi connectivity index (χ3n) is 1.03. The second-order valence-electron chi connectivity index (χ2n) is 1.92. The van der Waals surface area contributed by atoms with Gasteiger partial charge in [-0.3, -0.25) is 0 Å². The molecule has 0 aliphatic heterocycles. The molecule has 5 heteroatoms. The first-order valence-corrected chi connectivity index (χ1v) is 3.64. The first-order valence-electron chi connectivity index (χ1n) is 3.64. The Morgan fingerprint density at radius 2 is 1.42 bits per heavy atom. The Balaban J connectivity index is 0. The van der Waals surface area contributed by atoms with Gasteiger partial charge in [-0.1, -0.05) is 0 Å². The topological polar surface area (TPSA) is 50.8 Å². The van der Waals surface area contributed by atoms with E-state index < -0.39 is 0 Å². The Morgan fingerprint density at radius 3 is 1.92 bits per heavy atom. The standard InChI is InChI=1S/C7H15O4.Na/c1-9-4-5-11-7-6-10-3-2-8;/h2-7H2,1H3;/q-1;+1. The molecule has 0 bridgehead atoms. The van der Waals surface area contributed by atoms with Gasteiger partial charge >= 0.3 is 29.6 Å². The van der Waals surface area contributed by atoms with E-state index in [-0.39, 0.29) is 42.8 Å². The molecule has 0 atom stereocenters. The normalized spacial score (nSPS) is 9.50. The van der Waals surface area contributed by atoms with E-state index >= 15 is 0 Å². The van der Waals surface area contributed by atoms with Crippen LogP contribution in [0.5, 0.6) is 0 Å². The van der Waals surface area contributed by atoms with Crippen molar-refractivity contribution in [3.05, 3.63) is 0 Å². The monoisotopic (exact) mass is 186 g/mol. The summed E-state index contributed by atoms with van der Waals surface area (Å²) in [6.45, 7) is 2.29. The van der Waals surface area contributed by atoms with Crippen molar-refractivity contribution in [1.82, 2.24) is 0 Å². The third kappa shape index (κ3) is 13.4. The summed E-state index contributed by atoms with van der Waals surface area (Å²) in [7, 11) is 1.62. The smallest absolute Gasteiger partial charge is 0.853 e. The summed E-state index contributed by atoms with van der Waals surface area (Å²) in [5.41, 5.74) is 0. The fourth-order valence-corrected chi connectivity index (χ4v) is 0.523. The molecule has 12 heavy (non-hydrogen) atoms. The van der Waals surface area contributed by atoms with E-state index in [4.69, 9.17) is 14.2 Å². The first-order chi connectivity index (χ1) is 5.41. The maximum atomic E-state index is 9.88. The van der Waals surface area contributed by atoms with Crippen molar-refractivity contribution in [2.75, 3.05) is 46.8 Å². The van der Waals surface area contributed by atoms with Crippen molar-refractivity contribution in [1.29, 1.82) is 0 Å². The van der Waals surface area contributed by atoms with Crippen LogP contribution in [0, 0.1) is 0 Å². The average Bonchev–Trinajstić information content (AvgIpc) is 2.03. The zero-order chi connectivity index (χ0) is 8.36. The molecule has 0 saturated carbocycles. The molecule has 0 aromatic rings. The molecule has 0 saturated heterocycles. The number of ether oxygens (including phenoxy) is 3. The van der Waals surface area contributed by atoms with Crippen LogP contribution in [0.3, 0.4) is 0 Å². The molecular formula is C7H15NaO4. The van der Waals surface area contributed by atoms with Gasteiger partial charge in [0.05, 0.1) is 26.4 Å². The largest absolute Gasteiger partial charge is 1.00 e. The molecule has 0 unspecified atom stereocenters. The maximum absolute atomic E-state index is 9.88. The molecule has 0 heterocycles. The second kappa shape index (κ2) is 14.4.